The standard InChI is InChI=1S/C30H36ClN5O5/c1-17-13-23-25(28(37)33-17)27(34-22-8-6-7-21(31)18(22)2)26(35-23)20-9-10-32-14-24(20)40-16-19-15-36(11-12-39-19)29(38)41-30(3,4)5/h6-10,14,17,19,34-35H,11-13,15-16H2,1-5H3,(H,33,37)/t17-,19-/m1/s1. The molecule has 2 aromatic heterocycles. The Bertz CT molecular complexity index is 1450. The number of ether oxygens (including phenoxy) is 3. The molecule has 1 fully saturated rings. The highest BCUT2D eigenvalue weighted by Gasteiger charge is 2.32. The third-order valence-corrected chi connectivity index (χ3v) is 7.40. The van der Waals surface area contributed by atoms with Gasteiger partial charge in [0.05, 0.1) is 36.3 Å². The second kappa shape index (κ2) is 11.6. The highest BCUT2D eigenvalue weighted by molar-refractivity contribution is 6.31. The molecule has 1 aromatic carbocycles. The van der Waals surface area contributed by atoms with Crippen molar-refractivity contribution in [3.05, 3.63) is 58.5 Å². The molecule has 2 aliphatic heterocycles. The molecule has 10 nitrogen and oxygen atoms in total. The number of halogens is 1. The molecule has 2 amide bonds. The van der Waals surface area contributed by atoms with Crippen LogP contribution in [0.5, 0.6) is 5.75 Å². The van der Waals surface area contributed by atoms with Crippen molar-refractivity contribution in [2.24, 2.45) is 0 Å². The Morgan fingerprint density at radius 1 is 1.29 bits per heavy atom. The molecule has 0 aliphatic carbocycles. The van der Waals surface area contributed by atoms with Crippen LogP contribution in [-0.4, -0.2) is 70.9 Å². The lowest BCUT2D eigenvalue weighted by Crippen LogP contribution is -2.49. The molecular weight excluding hydrogens is 546 g/mol. The predicted octanol–water partition coefficient (Wildman–Crippen LogP) is 5.47. The zero-order valence-electron chi connectivity index (χ0n) is 24.0. The number of pyridine rings is 1. The summed E-state index contributed by atoms with van der Waals surface area (Å²) in [6, 6.07) is 7.46. The van der Waals surface area contributed by atoms with Gasteiger partial charge < -0.3 is 34.7 Å². The Kier molecular flexibility index (Phi) is 8.15. The summed E-state index contributed by atoms with van der Waals surface area (Å²) >= 11 is 6.40. The van der Waals surface area contributed by atoms with Gasteiger partial charge >= 0.3 is 6.09 Å². The fourth-order valence-corrected chi connectivity index (χ4v) is 5.18. The van der Waals surface area contributed by atoms with Crippen molar-refractivity contribution in [2.75, 3.05) is 31.6 Å². The lowest BCUT2D eigenvalue weighted by Gasteiger charge is -2.34. The summed E-state index contributed by atoms with van der Waals surface area (Å²) in [7, 11) is 0. The number of morpholine rings is 1. The first-order chi connectivity index (χ1) is 19.5. The Hall–Kier alpha value is -3.76. The van der Waals surface area contributed by atoms with Crippen molar-refractivity contribution in [3.8, 4) is 17.0 Å². The number of carbonyl (C=O) groups is 2. The number of anilines is 2. The second-order valence-electron chi connectivity index (χ2n) is 11.4. The van der Waals surface area contributed by atoms with E-state index in [0.717, 1.165) is 22.5 Å². The van der Waals surface area contributed by atoms with Gasteiger partial charge in [-0.2, -0.15) is 0 Å². The van der Waals surface area contributed by atoms with Gasteiger partial charge in [0.2, 0.25) is 0 Å². The van der Waals surface area contributed by atoms with E-state index in [4.69, 9.17) is 25.8 Å². The van der Waals surface area contributed by atoms with Crippen LogP contribution in [-0.2, 0) is 15.9 Å². The molecular formula is C30H36ClN5O5. The maximum atomic E-state index is 13.2. The molecule has 1 saturated heterocycles. The fraction of sp³-hybridized carbons (Fsp3) is 0.433. The number of carbonyl (C=O) groups excluding carboxylic acids is 2. The van der Waals surface area contributed by atoms with Gasteiger partial charge in [-0.25, -0.2) is 4.79 Å². The molecule has 4 heterocycles. The van der Waals surface area contributed by atoms with Crippen molar-refractivity contribution in [1.29, 1.82) is 0 Å². The van der Waals surface area contributed by atoms with E-state index in [1.807, 2.05) is 58.9 Å². The number of aromatic amines is 1. The van der Waals surface area contributed by atoms with Crippen molar-refractivity contribution < 1.29 is 23.8 Å². The monoisotopic (exact) mass is 581 g/mol. The van der Waals surface area contributed by atoms with E-state index in [0.29, 0.717) is 53.8 Å². The molecule has 2 atom stereocenters. The lowest BCUT2D eigenvalue weighted by molar-refractivity contribution is -0.0556. The molecule has 41 heavy (non-hydrogen) atoms. The largest absolute Gasteiger partial charge is 0.488 e. The van der Waals surface area contributed by atoms with Gasteiger partial charge in [0.1, 0.15) is 24.1 Å². The first-order valence-corrected chi connectivity index (χ1v) is 14.1. The number of fused-ring (bicyclic) bond motifs is 1. The Balaban J connectivity index is 1.43. The molecule has 0 bridgehead atoms. The summed E-state index contributed by atoms with van der Waals surface area (Å²) in [5, 5.41) is 7.13. The van der Waals surface area contributed by atoms with E-state index < -0.39 is 5.60 Å². The van der Waals surface area contributed by atoms with Gasteiger partial charge in [-0.3, -0.25) is 9.78 Å². The summed E-state index contributed by atoms with van der Waals surface area (Å²) in [4.78, 5) is 35.2. The molecule has 0 spiro atoms. The Labute approximate surface area is 244 Å². The zero-order valence-corrected chi connectivity index (χ0v) is 24.7. The van der Waals surface area contributed by atoms with Gasteiger partial charge in [0.25, 0.3) is 5.91 Å². The Morgan fingerprint density at radius 3 is 2.88 bits per heavy atom. The van der Waals surface area contributed by atoms with Crippen molar-refractivity contribution in [1.82, 2.24) is 20.2 Å². The minimum atomic E-state index is -0.578. The van der Waals surface area contributed by atoms with Crippen LogP contribution in [0.3, 0.4) is 0 Å². The van der Waals surface area contributed by atoms with Crippen molar-refractivity contribution >= 4 is 35.0 Å². The zero-order chi connectivity index (χ0) is 29.3. The SMILES string of the molecule is Cc1c(Cl)cccc1Nc1c(-c2ccncc2OC[C@H]2CN(C(=O)OC(C)(C)C)CCO2)[nH]c2c1C(=O)N[C@H](C)C2. The Morgan fingerprint density at radius 2 is 2.10 bits per heavy atom. The maximum absolute atomic E-state index is 13.2. The average Bonchev–Trinajstić information content (AvgIpc) is 3.27. The number of amides is 2. The van der Waals surface area contributed by atoms with E-state index in [1.54, 1.807) is 17.3 Å². The third kappa shape index (κ3) is 6.44. The molecule has 3 aromatic rings. The minimum Gasteiger partial charge on any atom is -0.488 e. The van der Waals surface area contributed by atoms with Crippen LogP contribution in [0.25, 0.3) is 11.3 Å². The quantitative estimate of drug-likeness (QED) is 0.353. The van der Waals surface area contributed by atoms with Crippen LogP contribution in [0, 0.1) is 6.92 Å². The molecule has 2 aliphatic rings. The second-order valence-corrected chi connectivity index (χ2v) is 11.9. The third-order valence-electron chi connectivity index (χ3n) is 6.99. The number of nitrogens with zero attached hydrogens (tertiary/aromatic N) is 2. The number of H-pyrrole nitrogens is 1. The van der Waals surface area contributed by atoms with Gasteiger partial charge in [-0.15, -0.1) is 0 Å². The normalized spacial score (nSPS) is 18.9. The predicted molar refractivity (Wildman–Crippen MR) is 157 cm³/mol. The van der Waals surface area contributed by atoms with Crippen LogP contribution in [0.4, 0.5) is 16.2 Å². The molecule has 3 N–H and O–H groups in total. The van der Waals surface area contributed by atoms with E-state index in [-0.39, 0.29) is 30.8 Å². The highest BCUT2D eigenvalue weighted by atomic mass is 35.5. The lowest BCUT2D eigenvalue weighted by atomic mass is 10.0. The van der Waals surface area contributed by atoms with E-state index in [1.165, 1.54) is 0 Å². The first kappa shape index (κ1) is 28.8. The molecule has 5 rings (SSSR count). The smallest absolute Gasteiger partial charge is 0.410 e. The summed E-state index contributed by atoms with van der Waals surface area (Å²) in [5.41, 5.74) is 4.55. The average molecular weight is 582 g/mol. The maximum Gasteiger partial charge on any atom is 0.410 e. The summed E-state index contributed by atoms with van der Waals surface area (Å²) < 4.78 is 17.7. The number of benzene rings is 1. The highest BCUT2D eigenvalue weighted by Crippen LogP contribution is 2.41. The number of aromatic nitrogens is 2. The van der Waals surface area contributed by atoms with Gasteiger partial charge in [0.15, 0.2) is 0 Å². The van der Waals surface area contributed by atoms with Crippen molar-refractivity contribution in [3.63, 3.8) is 0 Å². The van der Waals surface area contributed by atoms with Crippen LogP contribution in [0.1, 0.15) is 49.3 Å². The van der Waals surface area contributed by atoms with Crippen LogP contribution < -0.4 is 15.4 Å². The summed E-state index contributed by atoms with van der Waals surface area (Å²) in [6.45, 7) is 10.8. The number of rotatable bonds is 6. The van der Waals surface area contributed by atoms with Crippen molar-refractivity contribution in [2.45, 2.75) is 58.8 Å². The number of hydrogen-bond acceptors (Lipinski definition) is 7. The minimum absolute atomic E-state index is 0.00761. The molecule has 0 radical (unpaired) electrons. The molecule has 11 heteroatoms. The molecule has 0 saturated carbocycles. The van der Waals surface area contributed by atoms with E-state index in [2.05, 4.69) is 20.6 Å². The van der Waals surface area contributed by atoms with Crippen LogP contribution >= 0.6 is 11.6 Å². The fourth-order valence-electron chi connectivity index (χ4n) is 5.01. The molecule has 0 unspecified atom stereocenters. The van der Waals surface area contributed by atoms with E-state index in [9.17, 15) is 9.59 Å². The summed E-state index contributed by atoms with van der Waals surface area (Å²) in [6.07, 6.45) is 3.26. The topological polar surface area (TPSA) is 118 Å². The first-order valence-electron chi connectivity index (χ1n) is 13.7. The molecule has 218 valence electrons. The van der Waals surface area contributed by atoms with Gasteiger partial charge in [-0.1, -0.05) is 17.7 Å². The van der Waals surface area contributed by atoms with Crippen LogP contribution in [0.2, 0.25) is 5.02 Å². The number of nitrogens with one attached hydrogen (secondary N) is 3. The summed E-state index contributed by atoms with van der Waals surface area (Å²) in [5.74, 6) is 0.362. The van der Waals surface area contributed by atoms with E-state index >= 15 is 0 Å². The van der Waals surface area contributed by atoms with Gasteiger partial charge in [0, 0.05) is 47.2 Å². The van der Waals surface area contributed by atoms with Crippen LogP contribution in [0.15, 0.2) is 36.7 Å². The van der Waals surface area contributed by atoms with Gasteiger partial charge in [-0.05, 0) is 58.4 Å². The number of hydrogen-bond donors (Lipinski definition) is 3.